The summed E-state index contributed by atoms with van der Waals surface area (Å²) in [4.78, 5) is 23.7. The highest BCUT2D eigenvalue weighted by atomic mass is 35.5. The fourth-order valence-corrected chi connectivity index (χ4v) is 3.21. The highest BCUT2D eigenvalue weighted by Gasteiger charge is 2.05. The molecule has 2 aromatic carbocycles. The first kappa shape index (κ1) is 20.3. The normalized spacial score (nSPS) is 10.3. The number of benzene rings is 2. The Kier molecular flexibility index (Phi) is 9.07. The molecule has 0 aliphatic rings. The van der Waals surface area contributed by atoms with Gasteiger partial charge in [-0.25, -0.2) is 0 Å². The Morgan fingerprint density at radius 2 is 1.65 bits per heavy atom. The van der Waals surface area contributed by atoms with Crippen LogP contribution in [0.4, 0.5) is 0 Å². The van der Waals surface area contributed by atoms with Crippen LogP contribution >= 0.6 is 23.4 Å². The number of thioether (sulfide) groups is 1. The van der Waals surface area contributed by atoms with Crippen LogP contribution in [-0.4, -0.2) is 30.7 Å². The lowest BCUT2D eigenvalue weighted by molar-refractivity contribution is -0.121. The average Bonchev–Trinajstić information content (AvgIpc) is 2.66. The van der Waals surface area contributed by atoms with Gasteiger partial charge < -0.3 is 10.6 Å². The van der Waals surface area contributed by atoms with Crippen molar-refractivity contribution in [2.24, 2.45) is 0 Å². The molecule has 0 unspecified atom stereocenters. The molecule has 6 heteroatoms. The summed E-state index contributed by atoms with van der Waals surface area (Å²) < 4.78 is 0. The molecule has 0 aliphatic carbocycles. The summed E-state index contributed by atoms with van der Waals surface area (Å²) in [6, 6.07) is 17.0. The number of hydrogen-bond acceptors (Lipinski definition) is 3. The van der Waals surface area contributed by atoms with E-state index in [0.717, 1.165) is 11.5 Å². The minimum absolute atomic E-state index is 0.0195. The molecule has 2 aromatic rings. The first-order valence-corrected chi connectivity index (χ1v) is 10.1. The molecule has 0 radical (unpaired) electrons. The molecular weight excluding hydrogens is 368 g/mol. The van der Waals surface area contributed by atoms with Crippen LogP contribution in [0.1, 0.15) is 28.8 Å². The van der Waals surface area contributed by atoms with Gasteiger partial charge in [0.2, 0.25) is 5.91 Å². The number of carbonyl (C=O) groups is 2. The Morgan fingerprint density at radius 3 is 2.38 bits per heavy atom. The van der Waals surface area contributed by atoms with Crippen LogP contribution in [0, 0.1) is 0 Å². The van der Waals surface area contributed by atoms with E-state index in [0.29, 0.717) is 36.5 Å². The summed E-state index contributed by atoms with van der Waals surface area (Å²) in [5.74, 6) is 1.70. The number of nitrogens with one attached hydrogen (secondary N) is 2. The molecule has 0 aromatic heterocycles. The van der Waals surface area contributed by atoms with Gasteiger partial charge in [-0.3, -0.25) is 9.59 Å². The van der Waals surface area contributed by atoms with Gasteiger partial charge in [0.1, 0.15) is 0 Å². The molecule has 0 saturated carbocycles. The zero-order valence-electron chi connectivity index (χ0n) is 14.5. The van der Waals surface area contributed by atoms with Crippen molar-refractivity contribution in [3.8, 4) is 0 Å². The predicted octanol–water partition coefficient (Wildman–Crippen LogP) is 3.90. The summed E-state index contributed by atoms with van der Waals surface area (Å²) in [7, 11) is 0. The topological polar surface area (TPSA) is 58.2 Å². The Hall–Kier alpha value is -1.98. The van der Waals surface area contributed by atoms with E-state index in [1.165, 1.54) is 5.56 Å². The van der Waals surface area contributed by atoms with Gasteiger partial charge in [-0.1, -0.05) is 41.9 Å². The monoisotopic (exact) mass is 390 g/mol. The fraction of sp³-hybridized carbons (Fsp3) is 0.300. The third-order valence-corrected chi connectivity index (χ3v) is 4.93. The largest absolute Gasteiger partial charge is 0.355 e. The van der Waals surface area contributed by atoms with E-state index in [1.807, 2.05) is 18.2 Å². The average molecular weight is 391 g/mol. The molecule has 0 atom stereocenters. The highest BCUT2D eigenvalue weighted by Crippen LogP contribution is 2.11. The van der Waals surface area contributed by atoms with E-state index in [1.54, 1.807) is 36.0 Å². The molecule has 0 spiro atoms. The Bertz CT molecular complexity index is 693. The number of halogens is 1. The minimum atomic E-state index is -0.153. The number of carbonyl (C=O) groups excluding carboxylic acids is 2. The standard InChI is InChI=1S/C20H23ClN2O2S/c21-18-10-8-17(9-11-18)20(25)23-12-4-7-19(24)22-13-14-26-15-16-5-2-1-3-6-16/h1-3,5-6,8-11H,4,7,12-15H2,(H,22,24)(H,23,25). The van der Waals surface area contributed by atoms with Gasteiger partial charge in [0.05, 0.1) is 0 Å². The Morgan fingerprint density at radius 1 is 0.923 bits per heavy atom. The number of rotatable bonds is 10. The van der Waals surface area contributed by atoms with Crippen LogP contribution in [0.5, 0.6) is 0 Å². The second-order valence-corrected chi connectivity index (χ2v) is 7.30. The molecule has 26 heavy (non-hydrogen) atoms. The lowest BCUT2D eigenvalue weighted by Gasteiger charge is -2.07. The Balaban J connectivity index is 1.49. The molecule has 138 valence electrons. The van der Waals surface area contributed by atoms with Crippen molar-refractivity contribution in [2.75, 3.05) is 18.8 Å². The lowest BCUT2D eigenvalue weighted by Crippen LogP contribution is -2.28. The molecule has 0 saturated heterocycles. The van der Waals surface area contributed by atoms with Gasteiger partial charge in [-0.15, -0.1) is 0 Å². The quantitative estimate of drug-likeness (QED) is 0.605. The van der Waals surface area contributed by atoms with Gasteiger partial charge in [-0.05, 0) is 36.2 Å². The highest BCUT2D eigenvalue weighted by molar-refractivity contribution is 7.98. The molecule has 0 fully saturated rings. The van der Waals surface area contributed by atoms with Crippen LogP contribution in [0.25, 0.3) is 0 Å². The molecule has 4 nitrogen and oxygen atoms in total. The molecule has 2 N–H and O–H groups in total. The minimum Gasteiger partial charge on any atom is -0.355 e. The van der Waals surface area contributed by atoms with Crippen molar-refractivity contribution in [1.29, 1.82) is 0 Å². The summed E-state index contributed by atoms with van der Waals surface area (Å²) in [5.41, 5.74) is 1.86. The van der Waals surface area contributed by atoms with Gasteiger partial charge >= 0.3 is 0 Å². The van der Waals surface area contributed by atoms with Crippen LogP contribution in [0.3, 0.4) is 0 Å². The summed E-state index contributed by atoms with van der Waals surface area (Å²) in [5, 5.41) is 6.31. The van der Waals surface area contributed by atoms with Crippen molar-refractivity contribution >= 4 is 35.2 Å². The van der Waals surface area contributed by atoms with E-state index in [2.05, 4.69) is 22.8 Å². The fourth-order valence-electron chi connectivity index (χ4n) is 2.27. The molecule has 0 aliphatic heterocycles. The van der Waals surface area contributed by atoms with E-state index in [4.69, 9.17) is 11.6 Å². The third-order valence-electron chi connectivity index (χ3n) is 3.65. The number of hydrogen-bond donors (Lipinski definition) is 2. The van der Waals surface area contributed by atoms with Crippen molar-refractivity contribution in [3.63, 3.8) is 0 Å². The molecule has 0 bridgehead atoms. The second-order valence-electron chi connectivity index (χ2n) is 5.75. The number of amides is 2. The maximum atomic E-state index is 11.9. The van der Waals surface area contributed by atoms with E-state index in [9.17, 15) is 9.59 Å². The second kappa shape index (κ2) is 11.6. The predicted molar refractivity (Wildman–Crippen MR) is 109 cm³/mol. The van der Waals surface area contributed by atoms with E-state index >= 15 is 0 Å². The van der Waals surface area contributed by atoms with Gasteiger partial charge in [0, 0.05) is 41.6 Å². The van der Waals surface area contributed by atoms with Gasteiger partial charge in [0.25, 0.3) is 5.91 Å². The zero-order chi connectivity index (χ0) is 18.6. The molecule has 2 rings (SSSR count). The summed E-state index contributed by atoms with van der Waals surface area (Å²) >= 11 is 7.59. The van der Waals surface area contributed by atoms with Crippen molar-refractivity contribution in [2.45, 2.75) is 18.6 Å². The van der Waals surface area contributed by atoms with Crippen molar-refractivity contribution in [1.82, 2.24) is 10.6 Å². The van der Waals surface area contributed by atoms with Crippen LogP contribution in [0.2, 0.25) is 5.02 Å². The van der Waals surface area contributed by atoms with Gasteiger partial charge in [0.15, 0.2) is 0 Å². The van der Waals surface area contributed by atoms with Crippen molar-refractivity contribution < 1.29 is 9.59 Å². The van der Waals surface area contributed by atoms with Gasteiger partial charge in [-0.2, -0.15) is 11.8 Å². The zero-order valence-corrected chi connectivity index (χ0v) is 16.1. The summed E-state index contributed by atoms with van der Waals surface area (Å²) in [6.45, 7) is 1.13. The smallest absolute Gasteiger partial charge is 0.251 e. The third kappa shape index (κ3) is 7.93. The first-order chi connectivity index (χ1) is 12.6. The summed E-state index contributed by atoms with van der Waals surface area (Å²) in [6.07, 6.45) is 1.02. The van der Waals surface area contributed by atoms with Crippen LogP contribution in [0.15, 0.2) is 54.6 Å². The lowest BCUT2D eigenvalue weighted by atomic mass is 10.2. The maximum absolute atomic E-state index is 11.9. The molecular formula is C20H23ClN2O2S. The van der Waals surface area contributed by atoms with Crippen LogP contribution < -0.4 is 10.6 Å². The Labute approximate surface area is 163 Å². The SMILES string of the molecule is O=C(CCCNC(=O)c1ccc(Cl)cc1)NCCSCc1ccccc1. The maximum Gasteiger partial charge on any atom is 0.251 e. The van der Waals surface area contributed by atoms with Crippen LogP contribution in [-0.2, 0) is 10.5 Å². The van der Waals surface area contributed by atoms with E-state index in [-0.39, 0.29) is 11.8 Å². The first-order valence-electron chi connectivity index (χ1n) is 8.57. The van der Waals surface area contributed by atoms with E-state index < -0.39 is 0 Å². The molecule has 2 amide bonds. The molecule has 0 heterocycles. The van der Waals surface area contributed by atoms with Crippen molar-refractivity contribution in [3.05, 3.63) is 70.7 Å².